The SMILES string of the molecule is Cc1cc(C(=O)COC(=O)c2cccs2)c(C)n1[C@@H]1CCS(=O)(=O)C1. The monoisotopic (exact) mass is 381 g/mol. The second kappa shape index (κ2) is 6.76. The zero-order valence-corrected chi connectivity index (χ0v) is 15.7. The van der Waals surface area contributed by atoms with Crippen molar-refractivity contribution in [1.82, 2.24) is 4.57 Å². The minimum atomic E-state index is -3.01. The highest BCUT2D eigenvalue weighted by atomic mass is 32.2. The molecule has 0 bridgehead atoms. The summed E-state index contributed by atoms with van der Waals surface area (Å²) in [6.07, 6.45) is 0.555. The van der Waals surface area contributed by atoms with Crippen LogP contribution in [0.2, 0.25) is 0 Å². The molecule has 2 aromatic rings. The molecule has 6 nitrogen and oxygen atoms in total. The molecule has 0 aromatic carbocycles. The van der Waals surface area contributed by atoms with E-state index in [4.69, 9.17) is 4.74 Å². The van der Waals surface area contributed by atoms with Gasteiger partial charge in [0.25, 0.3) is 0 Å². The normalized spacial score (nSPS) is 19.0. The van der Waals surface area contributed by atoms with E-state index in [9.17, 15) is 18.0 Å². The quantitative estimate of drug-likeness (QED) is 0.587. The summed E-state index contributed by atoms with van der Waals surface area (Å²) < 4.78 is 30.5. The number of aryl methyl sites for hydroxylation is 1. The lowest BCUT2D eigenvalue weighted by molar-refractivity contribution is 0.0479. The third-order valence-electron chi connectivity index (χ3n) is 4.42. The molecule has 0 N–H and O–H groups in total. The van der Waals surface area contributed by atoms with E-state index in [0.717, 1.165) is 11.4 Å². The molecular formula is C17H19NO5S2. The number of rotatable bonds is 5. The first kappa shape index (κ1) is 17.9. The number of ketones is 1. The number of hydrogen-bond donors (Lipinski definition) is 0. The van der Waals surface area contributed by atoms with Crippen molar-refractivity contribution in [3.8, 4) is 0 Å². The Bertz CT molecular complexity index is 909. The van der Waals surface area contributed by atoms with E-state index < -0.39 is 15.8 Å². The summed E-state index contributed by atoms with van der Waals surface area (Å²) in [5, 5.41) is 1.77. The average Bonchev–Trinajstić information content (AvgIpc) is 3.25. The van der Waals surface area contributed by atoms with Gasteiger partial charge in [0.05, 0.1) is 11.5 Å². The van der Waals surface area contributed by atoms with E-state index in [1.807, 2.05) is 11.5 Å². The number of sulfone groups is 1. The Balaban J connectivity index is 1.73. The Kier molecular flexibility index (Phi) is 4.83. The number of carbonyl (C=O) groups excluding carboxylic acids is 2. The molecule has 1 atom stereocenters. The lowest BCUT2D eigenvalue weighted by Gasteiger charge is -2.16. The van der Waals surface area contributed by atoms with Crippen molar-refractivity contribution in [2.75, 3.05) is 18.1 Å². The van der Waals surface area contributed by atoms with E-state index >= 15 is 0 Å². The van der Waals surface area contributed by atoms with Crippen molar-refractivity contribution in [2.45, 2.75) is 26.3 Å². The fourth-order valence-electron chi connectivity index (χ4n) is 3.27. The lowest BCUT2D eigenvalue weighted by Crippen LogP contribution is -2.16. The summed E-state index contributed by atoms with van der Waals surface area (Å²) in [5.41, 5.74) is 2.03. The van der Waals surface area contributed by atoms with Crippen molar-refractivity contribution in [3.05, 3.63) is 45.4 Å². The third-order valence-corrected chi connectivity index (χ3v) is 7.02. The summed E-state index contributed by atoms with van der Waals surface area (Å²) in [6.45, 7) is 3.32. The maximum absolute atomic E-state index is 12.4. The van der Waals surface area contributed by atoms with E-state index in [1.54, 1.807) is 30.5 Å². The number of carbonyl (C=O) groups is 2. The van der Waals surface area contributed by atoms with Crippen molar-refractivity contribution < 1.29 is 22.7 Å². The molecule has 2 aromatic heterocycles. The first-order valence-electron chi connectivity index (χ1n) is 7.91. The number of ether oxygens (including phenoxy) is 1. The van der Waals surface area contributed by atoms with Crippen molar-refractivity contribution >= 4 is 32.9 Å². The Morgan fingerprint density at radius 3 is 2.72 bits per heavy atom. The van der Waals surface area contributed by atoms with Crippen LogP contribution in [0.1, 0.15) is 43.9 Å². The molecule has 8 heteroatoms. The Labute approximate surface area is 150 Å². The van der Waals surface area contributed by atoms with Gasteiger partial charge in [0.1, 0.15) is 4.88 Å². The van der Waals surface area contributed by atoms with E-state index in [-0.39, 0.29) is 29.9 Å². The first-order valence-corrected chi connectivity index (χ1v) is 10.6. The third kappa shape index (κ3) is 3.69. The van der Waals surface area contributed by atoms with Gasteiger partial charge < -0.3 is 9.30 Å². The molecule has 0 amide bonds. The van der Waals surface area contributed by atoms with Crippen LogP contribution in [0, 0.1) is 13.8 Å². The molecular weight excluding hydrogens is 362 g/mol. The van der Waals surface area contributed by atoms with Crippen LogP contribution in [0.3, 0.4) is 0 Å². The molecule has 0 aliphatic carbocycles. The second-order valence-corrected chi connectivity index (χ2v) is 9.36. The van der Waals surface area contributed by atoms with Crippen molar-refractivity contribution in [3.63, 3.8) is 0 Å². The first-order chi connectivity index (χ1) is 11.8. The molecule has 0 saturated carbocycles. The molecule has 1 fully saturated rings. The molecule has 1 aliphatic rings. The largest absolute Gasteiger partial charge is 0.453 e. The Hall–Kier alpha value is -1.93. The summed E-state index contributed by atoms with van der Waals surface area (Å²) in [5.74, 6) is -0.523. The van der Waals surface area contributed by atoms with Gasteiger partial charge >= 0.3 is 5.97 Å². The van der Waals surface area contributed by atoms with Gasteiger partial charge in [0.2, 0.25) is 5.78 Å². The van der Waals surface area contributed by atoms with Crippen LogP contribution in [0.4, 0.5) is 0 Å². The lowest BCUT2D eigenvalue weighted by atomic mass is 10.1. The Morgan fingerprint density at radius 2 is 2.12 bits per heavy atom. The minimum absolute atomic E-state index is 0.102. The fourth-order valence-corrected chi connectivity index (χ4v) is 5.59. The van der Waals surface area contributed by atoms with Crippen LogP contribution in [-0.2, 0) is 14.6 Å². The molecule has 3 rings (SSSR count). The highest BCUT2D eigenvalue weighted by Crippen LogP contribution is 2.29. The zero-order chi connectivity index (χ0) is 18.2. The van der Waals surface area contributed by atoms with Gasteiger partial charge in [-0.05, 0) is 37.8 Å². The predicted molar refractivity (Wildman–Crippen MR) is 95.1 cm³/mol. The summed E-state index contributed by atoms with van der Waals surface area (Å²) >= 11 is 1.26. The average molecular weight is 381 g/mol. The Morgan fingerprint density at radius 1 is 1.36 bits per heavy atom. The number of aromatic nitrogens is 1. The molecule has 0 spiro atoms. The number of esters is 1. The maximum atomic E-state index is 12.4. The van der Waals surface area contributed by atoms with Crippen LogP contribution < -0.4 is 0 Å². The summed E-state index contributed by atoms with van der Waals surface area (Å²) in [4.78, 5) is 24.7. The second-order valence-electron chi connectivity index (χ2n) is 6.19. The minimum Gasteiger partial charge on any atom is -0.453 e. The predicted octanol–water partition coefficient (Wildman–Crippen LogP) is 2.57. The molecule has 0 radical (unpaired) electrons. The van der Waals surface area contributed by atoms with Crippen molar-refractivity contribution in [1.29, 1.82) is 0 Å². The van der Waals surface area contributed by atoms with Gasteiger partial charge in [-0.15, -0.1) is 11.3 Å². The summed E-state index contributed by atoms with van der Waals surface area (Å²) in [7, 11) is -3.01. The van der Waals surface area contributed by atoms with Crippen molar-refractivity contribution in [2.24, 2.45) is 0 Å². The maximum Gasteiger partial charge on any atom is 0.348 e. The van der Waals surface area contributed by atoms with E-state index in [1.165, 1.54) is 11.3 Å². The number of Topliss-reactive ketones (excluding diaryl/α,β-unsaturated/α-hetero) is 1. The fraction of sp³-hybridized carbons (Fsp3) is 0.412. The highest BCUT2D eigenvalue weighted by Gasteiger charge is 2.31. The van der Waals surface area contributed by atoms with Crippen LogP contribution in [0.25, 0.3) is 0 Å². The summed E-state index contributed by atoms with van der Waals surface area (Å²) in [6, 6.07) is 4.98. The zero-order valence-electron chi connectivity index (χ0n) is 14.0. The van der Waals surface area contributed by atoms with Gasteiger partial charge in [-0.25, -0.2) is 13.2 Å². The molecule has 134 valence electrons. The number of thiophene rings is 1. The topological polar surface area (TPSA) is 82.4 Å². The van der Waals surface area contributed by atoms with Crippen LogP contribution in [0.15, 0.2) is 23.6 Å². The van der Waals surface area contributed by atoms with Crippen LogP contribution in [0.5, 0.6) is 0 Å². The molecule has 25 heavy (non-hydrogen) atoms. The van der Waals surface area contributed by atoms with E-state index in [2.05, 4.69) is 0 Å². The molecule has 1 aliphatic heterocycles. The van der Waals surface area contributed by atoms with Crippen LogP contribution >= 0.6 is 11.3 Å². The molecule has 1 saturated heterocycles. The van der Waals surface area contributed by atoms with Gasteiger partial charge in [0, 0.05) is 23.0 Å². The number of hydrogen-bond acceptors (Lipinski definition) is 6. The van der Waals surface area contributed by atoms with Crippen LogP contribution in [-0.4, -0.2) is 42.9 Å². The van der Waals surface area contributed by atoms with Gasteiger partial charge in [-0.3, -0.25) is 4.79 Å². The van der Waals surface area contributed by atoms with Gasteiger partial charge in [-0.2, -0.15) is 0 Å². The molecule has 0 unspecified atom stereocenters. The van der Waals surface area contributed by atoms with E-state index in [0.29, 0.717) is 16.9 Å². The standard InChI is InChI=1S/C17H19NO5S2/c1-11-8-14(12(2)18(11)13-5-7-25(21,22)10-13)15(19)9-23-17(20)16-4-3-6-24-16/h3-4,6,8,13H,5,7,9-10H2,1-2H3/t13-/m1/s1. The molecule has 3 heterocycles. The smallest absolute Gasteiger partial charge is 0.348 e. The van der Waals surface area contributed by atoms with Gasteiger partial charge in [-0.1, -0.05) is 6.07 Å². The van der Waals surface area contributed by atoms with Gasteiger partial charge in [0.15, 0.2) is 16.4 Å². The number of nitrogens with zero attached hydrogens (tertiary/aromatic N) is 1. The highest BCUT2D eigenvalue weighted by molar-refractivity contribution is 7.91.